The van der Waals surface area contributed by atoms with Crippen molar-refractivity contribution in [2.24, 2.45) is 17.6 Å². The Kier molecular flexibility index (Phi) is 19.7. The lowest BCUT2D eigenvalue weighted by molar-refractivity contribution is 0.0478. The van der Waals surface area contributed by atoms with E-state index in [1.165, 1.54) is 38.8 Å². The molecule has 2 saturated carbocycles. The zero-order valence-electron chi connectivity index (χ0n) is 56.2. The smallest absolute Gasteiger partial charge is 0.444 e. The van der Waals surface area contributed by atoms with E-state index < -0.39 is 86.7 Å². The number of halogens is 4. The van der Waals surface area contributed by atoms with Gasteiger partial charge >= 0.3 is 39.9 Å². The summed E-state index contributed by atoms with van der Waals surface area (Å²) in [7, 11) is -5.70. The molecule has 528 valence electrons. The molecule has 8 aromatic rings. The number of hydrogen-bond acceptors (Lipinski definition) is 24. The number of aromatic amines is 2. The maximum absolute atomic E-state index is 16.1. The van der Waals surface area contributed by atoms with Gasteiger partial charge in [0.05, 0.1) is 80.9 Å². The second-order valence-electron chi connectivity index (χ2n) is 27.0. The summed E-state index contributed by atoms with van der Waals surface area (Å²) in [5, 5.41) is 6.24. The number of nitrogens with one attached hydrogen (secondary N) is 4. The molecule has 8 atom stereocenters. The molecular formula is C62H78F4N16O14P2. The molecule has 4 aliphatic rings. The average molecular weight is 1410 g/mol. The number of benzene rings is 2. The standard InChI is InChI=1S/C39H53F2N8O9P.C23H25F2N8O5P/c1-19(2)56-59(52,57-20(3)4)58-21(5)32-42-16-24(17-43-32)53-35-46-33-29(28-30(41)25(40)15-27(31(28)45-33)48(12)37(51)55-39(9,10)11)34(47-35)49-18-22-13-23(49)14-26(22)44-36(50)54-38(6,7)8;1-9(38-39(34,35)36)20-28-6-12(7-29-20)37-23-31-21-17(16-18(25)13(24)5-15(27-2)19(16)30-21)22(32-23)33-8-10-3-11(33)4-14(10)26/h15-17,19-23,26H,13-14,18H2,1-12H3,(H,44,50)(H,45,46,47);5-7,9-11,14,27H,3-4,8,26H2,1-2H3,(H,30,31,32)(H2,34,35,36)/t21-,22-,23-,26-;9-,10-,11-,14-/m11/s1. The molecule has 0 radical (unpaired) electrons. The van der Waals surface area contributed by atoms with Gasteiger partial charge in [0.15, 0.2) is 46.4 Å². The number of hydrogen-bond donors (Lipinski definition) is 7. The van der Waals surface area contributed by atoms with E-state index in [1.807, 2.05) is 9.80 Å². The second-order valence-corrected chi connectivity index (χ2v) is 29.8. The van der Waals surface area contributed by atoms with Crippen LogP contribution in [0, 0.1) is 35.1 Å². The molecule has 0 unspecified atom stereocenters. The third kappa shape index (κ3) is 15.3. The van der Waals surface area contributed by atoms with Crippen LogP contribution in [0.5, 0.6) is 23.5 Å². The number of fused-ring (bicyclic) bond motifs is 10. The van der Waals surface area contributed by atoms with E-state index in [0.29, 0.717) is 48.3 Å². The van der Waals surface area contributed by atoms with Crippen molar-refractivity contribution in [2.45, 2.75) is 169 Å². The van der Waals surface area contributed by atoms with Gasteiger partial charge in [-0.1, -0.05) is 0 Å². The minimum absolute atomic E-state index is 0.00611. The van der Waals surface area contributed by atoms with Gasteiger partial charge in [-0.3, -0.25) is 23.0 Å². The first-order valence-corrected chi connectivity index (χ1v) is 34.7. The van der Waals surface area contributed by atoms with Crippen LogP contribution >= 0.6 is 15.6 Å². The van der Waals surface area contributed by atoms with Gasteiger partial charge in [-0.15, -0.1) is 0 Å². The van der Waals surface area contributed by atoms with E-state index in [-0.39, 0.29) is 116 Å². The highest BCUT2D eigenvalue weighted by molar-refractivity contribution is 7.48. The largest absolute Gasteiger partial charge is 0.475 e. The Hall–Kier alpha value is -8.20. The number of nitrogens with zero attached hydrogens (tertiary/aromatic N) is 11. The lowest BCUT2D eigenvalue weighted by Crippen LogP contribution is -2.47. The van der Waals surface area contributed by atoms with E-state index in [4.69, 9.17) is 53.0 Å². The number of carbonyl (C=O) groups excluding carboxylic acids is 2. The molecule has 30 nitrogen and oxygen atoms in total. The second kappa shape index (κ2) is 27.1. The molecule has 2 saturated heterocycles. The number of alkyl carbamates (subject to hydrolysis) is 1. The molecule has 4 fully saturated rings. The fourth-order valence-electron chi connectivity index (χ4n) is 12.7. The van der Waals surface area contributed by atoms with E-state index in [1.54, 1.807) is 83.2 Å². The van der Waals surface area contributed by atoms with Crippen molar-refractivity contribution in [3.05, 3.63) is 71.8 Å². The van der Waals surface area contributed by atoms with Gasteiger partial charge in [0.25, 0.3) is 0 Å². The number of nitrogens with two attached hydrogens (primary N) is 1. The van der Waals surface area contributed by atoms with Crippen molar-refractivity contribution in [3.63, 3.8) is 0 Å². The highest BCUT2D eigenvalue weighted by Crippen LogP contribution is 2.55. The van der Waals surface area contributed by atoms with Crippen LogP contribution in [0.4, 0.5) is 50.2 Å². The van der Waals surface area contributed by atoms with Gasteiger partial charge in [-0.25, -0.2) is 56.2 Å². The summed E-state index contributed by atoms with van der Waals surface area (Å²) in [5.74, 6) is -3.04. The van der Waals surface area contributed by atoms with Crippen LogP contribution in [0.25, 0.3) is 43.9 Å². The SMILES string of the molecule is CC(C)OP(=O)(OC(C)C)O[C@H](C)c1ncc(Oc2nc(N3C[C@H]4C[C@@H]3C[C@H]4NC(=O)OC(C)(C)C)c3c(n2)[nH]c2c(N(C)C(=O)OC(C)(C)C)cc(F)c(F)c23)cn1.CNc1cc(F)c(F)c2c1[nH]c1nc(Oc3cnc([C@@H](C)OP(=O)(O)O)nc3)nc(N3C[C@H]4C[C@@H]3C[C@H]4N)c12. The Balaban J connectivity index is 0.000000215. The first kappa shape index (κ1) is 71.1. The van der Waals surface area contributed by atoms with Gasteiger partial charge in [-0.2, -0.15) is 19.9 Å². The van der Waals surface area contributed by atoms with E-state index >= 15 is 13.2 Å². The van der Waals surface area contributed by atoms with Crippen LogP contribution in [-0.4, -0.2) is 147 Å². The summed E-state index contributed by atoms with van der Waals surface area (Å²) in [6.45, 7) is 21.3. The molecule has 4 bridgehead atoms. The number of ether oxygens (including phenoxy) is 4. The first-order valence-electron chi connectivity index (χ1n) is 31.7. The number of amides is 2. The molecule has 6 aromatic heterocycles. The van der Waals surface area contributed by atoms with Gasteiger partial charge in [0.2, 0.25) is 0 Å². The van der Waals surface area contributed by atoms with Crippen molar-refractivity contribution in [2.75, 3.05) is 47.2 Å². The van der Waals surface area contributed by atoms with Crippen LogP contribution in [0.3, 0.4) is 0 Å². The summed E-state index contributed by atoms with van der Waals surface area (Å²) < 4.78 is 130. The summed E-state index contributed by atoms with van der Waals surface area (Å²) in [5.41, 5.74) is 5.84. The first-order chi connectivity index (χ1) is 45.9. The average Bonchev–Trinajstić information content (AvgIpc) is 1.57. The highest BCUT2D eigenvalue weighted by atomic mass is 31.2. The van der Waals surface area contributed by atoms with Gasteiger partial charge in [0, 0.05) is 63.5 Å². The van der Waals surface area contributed by atoms with Crippen molar-refractivity contribution >= 4 is 94.7 Å². The number of piperidine rings is 2. The third-order valence-electron chi connectivity index (χ3n) is 16.5. The van der Waals surface area contributed by atoms with Crippen LogP contribution in [-0.2, 0) is 36.7 Å². The minimum atomic E-state index is -4.73. The lowest BCUT2D eigenvalue weighted by Gasteiger charge is -2.33. The summed E-state index contributed by atoms with van der Waals surface area (Å²) in [6, 6.07) is 1.54. The number of H-pyrrole nitrogens is 2. The van der Waals surface area contributed by atoms with Gasteiger partial charge < -0.3 is 64.9 Å². The molecule has 2 aromatic carbocycles. The molecule has 8 heterocycles. The molecular weight excluding hydrogens is 1330 g/mol. The lowest BCUT2D eigenvalue weighted by atomic mass is 10.0. The monoisotopic (exact) mass is 1410 g/mol. The molecule has 2 amide bonds. The van der Waals surface area contributed by atoms with Crippen molar-refractivity contribution in [1.82, 2.24) is 55.2 Å². The van der Waals surface area contributed by atoms with Crippen molar-refractivity contribution < 1.29 is 83.1 Å². The third-order valence-corrected chi connectivity index (χ3v) is 19.1. The van der Waals surface area contributed by atoms with Crippen LogP contribution in [0.1, 0.15) is 133 Å². The predicted octanol–water partition coefficient (Wildman–Crippen LogP) is 12.0. The number of aromatic nitrogens is 10. The summed E-state index contributed by atoms with van der Waals surface area (Å²) >= 11 is 0. The molecule has 36 heteroatoms. The number of phosphoric ester groups is 2. The fourth-order valence-corrected chi connectivity index (χ4v) is 14.8. The Morgan fingerprint density at radius 1 is 0.653 bits per heavy atom. The number of anilines is 4. The van der Waals surface area contributed by atoms with Crippen molar-refractivity contribution in [1.29, 1.82) is 0 Å². The number of carbonyl (C=O) groups is 2. The number of phosphoric acid groups is 2. The topological polar surface area (TPSA) is 377 Å². The summed E-state index contributed by atoms with van der Waals surface area (Å²) in [6.07, 6.45) is 3.94. The van der Waals surface area contributed by atoms with Crippen LogP contribution in [0.2, 0.25) is 0 Å². The normalized spacial score (nSPS) is 20.0. The highest BCUT2D eigenvalue weighted by Gasteiger charge is 2.48. The van der Waals surface area contributed by atoms with E-state index in [9.17, 15) is 23.1 Å². The zero-order chi connectivity index (χ0) is 71.0. The zero-order valence-corrected chi connectivity index (χ0v) is 58.0. The Labute approximate surface area is 559 Å². The van der Waals surface area contributed by atoms with Gasteiger partial charge in [-0.05, 0) is 121 Å². The molecule has 12 rings (SSSR count). The molecule has 8 N–H and O–H groups in total. The summed E-state index contributed by atoms with van der Waals surface area (Å²) in [4.78, 5) is 90.3. The Bertz CT molecular complexity index is 4430. The van der Waals surface area contributed by atoms with Crippen LogP contribution in [0.15, 0.2) is 36.9 Å². The van der Waals surface area contributed by atoms with E-state index in [0.717, 1.165) is 29.9 Å². The van der Waals surface area contributed by atoms with Gasteiger partial charge in [0.1, 0.15) is 46.3 Å². The molecule has 2 aliphatic carbocycles. The maximum atomic E-state index is 16.1. The minimum Gasteiger partial charge on any atom is -0.444 e. The number of rotatable bonds is 19. The fraction of sp³-hybridized carbons (Fsp3) is 0.516. The molecule has 0 spiro atoms. The quantitative estimate of drug-likeness (QED) is 0.0292. The molecule has 98 heavy (non-hydrogen) atoms. The predicted molar refractivity (Wildman–Crippen MR) is 351 cm³/mol. The Morgan fingerprint density at radius 3 is 1.57 bits per heavy atom. The Morgan fingerprint density at radius 2 is 1.12 bits per heavy atom. The van der Waals surface area contributed by atoms with Crippen molar-refractivity contribution in [3.8, 4) is 23.5 Å². The van der Waals surface area contributed by atoms with Crippen LogP contribution < -0.4 is 40.5 Å². The molecule has 2 aliphatic heterocycles. The maximum Gasteiger partial charge on any atom is 0.475 e. The van der Waals surface area contributed by atoms with E-state index in [2.05, 4.69) is 60.0 Å².